The van der Waals surface area contributed by atoms with Gasteiger partial charge in [0.25, 0.3) is 0 Å². The molecule has 0 amide bonds. The van der Waals surface area contributed by atoms with Gasteiger partial charge in [0.1, 0.15) is 0 Å². The Hall–Kier alpha value is -2.93. The minimum atomic E-state index is 0.857. The molecule has 0 saturated heterocycles. The molecule has 0 aromatic heterocycles. The summed E-state index contributed by atoms with van der Waals surface area (Å²) in [5.74, 6) is 0. The van der Waals surface area contributed by atoms with Gasteiger partial charge in [-0.15, -0.1) is 0 Å². The van der Waals surface area contributed by atoms with Crippen LogP contribution in [-0.2, 0) is 6.42 Å². The first-order valence-corrected chi connectivity index (χ1v) is 7.73. The van der Waals surface area contributed by atoms with Crippen LogP contribution in [0.3, 0.4) is 0 Å². The van der Waals surface area contributed by atoms with Crippen molar-refractivity contribution in [3.05, 3.63) is 102 Å². The minimum Gasteiger partial charge on any atom is -0.264 e. The molecule has 0 aliphatic rings. The second-order valence-corrected chi connectivity index (χ2v) is 5.38. The third-order valence-corrected chi connectivity index (χ3v) is 3.83. The van der Waals surface area contributed by atoms with Gasteiger partial charge in [-0.1, -0.05) is 91.0 Å². The number of hydrogen-bond donors (Lipinski definition) is 0. The van der Waals surface area contributed by atoms with Crippen molar-refractivity contribution in [2.75, 3.05) is 0 Å². The van der Waals surface area contributed by atoms with Gasteiger partial charge in [0.15, 0.2) is 0 Å². The van der Waals surface area contributed by atoms with Gasteiger partial charge in [0, 0.05) is 0 Å². The van der Waals surface area contributed by atoms with E-state index in [1.807, 2.05) is 12.1 Å². The summed E-state index contributed by atoms with van der Waals surface area (Å²) in [7, 11) is 0. The molecule has 0 aliphatic heterocycles. The lowest BCUT2D eigenvalue weighted by molar-refractivity contribution is 1.26. The van der Waals surface area contributed by atoms with Crippen molar-refractivity contribution >= 4 is 12.4 Å². The summed E-state index contributed by atoms with van der Waals surface area (Å²) in [6.45, 7) is 3.71. The second-order valence-electron chi connectivity index (χ2n) is 5.38. The molecule has 23 heavy (non-hydrogen) atoms. The van der Waals surface area contributed by atoms with E-state index >= 15 is 0 Å². The van der Waals surface area contributed by atoms with Crippen molar-refractivity contribution in [1.29, 1.82) is 0 Å². The summed E-state index contributed by atoms with van der Waals surface area (Å²) in [5, 5.41) is 0. The van der Waals surface area contributed by atoms with E-state index in [1.54, 1.807) is 0 Å². The first-order valence-electron chi connectivity index (χ1n) is 7.73. The Labute approximate surface area is 137 Å². The van der Waals surface area contributed by atoms with Crippen LogP contribution in [0.15, 0.2) is 96.0 Å². The molecular weight excluding hydrogens is 278 g/mol. The fourth-order valence-electron chi connectivity index (χ4n) is 2.57. The van der Waals surface area contributed by atoms with Crippen molar-refractivity contribution in [2.24, 2.45) is 4.99 Å². The van der Waals surface area contributed by atoms with Crippen LogP contribution < -0.4 is 0 Å². The van der Waals surface area contributed by atoms with E-state index in [2.05, 4.69) is 90.6 Å². The van der Waals surface area contributed by atoms with Gasteiger partial charge in [-0.25, -0.2) is 0 Å². The lowest BCUT2D eigenvalue weighted by Crippen LogP contribution is -1.86. The van der Waals surface area contributed by atoms with Gasteiger partial charge in [-0.2, -0.15) is 0 Å². The van der Waals surface area contributed by atoms with Crippen molar-refractivity contribution in [3.63, 3.8) is 0 Å². The molecule has 1 nitrogen and oxygen atoms in total. The Morgan fingerprint density at radius 1 is 0.739 bits per heavy atom. The third-order valence-electron chi connectivity index (χ3n) is 3.83. The quantitative estimate of drug-likeness (QED) is 0.541. The van der Waals surface area contributed by atoms with Crippen LogP contribution in [0.2, 0.25) is 0 Å². The van der Waals surface area contributed by atoms with E-state index in [9.17, 15) is 0 Å². The number of nitrogens with zero attached hydrogens (tertiary/aromatic N) is 1. The van der Waals surface area contributed by atoms with Crippen LogP contribution in [0.5, 0.6) is 0 Å². The topological polar surface area (TPSA) is 12.4 Å². The van der Waals surface area contributed by atoms with Crippen LogP contribution in [0.1, 0.15) is 11.1 Å². The molecular formula is C22H19N. The summed E-state index contributed by atoms with van der Waals surface area (Å²) in [4.78, 5) is 4.19. The van der Waals surface area contributed by atoms with Gasteiger partial charge in [-0.05, 0) is 35.4 Å². The molecule has 1 heteroatoms. The SMILES string of the molecule is C=N/C(=C\Cc1ccccc1)c1ccc(-c2ccccc2)cc1. The number of benzene rings is 3. The molecule has 0 unspecified atom stereocenters. The Kier molecular flexibility index (Phi) is 4.80. The van der Waals surface area contributed by atoms with Crippen LogP contribution in [0.4, 0.5) is 0 Å². The van der Waals surface area contributed by atoms with E-state index in [0.29, 0.717) is 0 Å². The highest BCUT2D eigenvalue weighted by molar-refractivity contribution is 5.71. The van der Waals surface area contributed by atoms with E-state index in [4.69, 9.17) is 0 Å². The maximum absolute atomic E-state index is 4.19. The van der Waals surface area contributed by atoms with Crippen molar-refractivity contribution < 1.29 is 0 Å². The standard InChI is InChI=1S/C22H19N/c1-23-22(17-12-18-8-4-2-5-9-18)21-15-13-20(14-16-21)19-10-6-3-7-11-19/h2-11,13-17H,1,12H2/b22-17-. The maximum Gasteiger partial charge on any atom is 0.0658 e. The smallest absolute Gasteiger partial charge is 0.0658 e. The third kappa shape index (κ3) is 3.83. The summed E-state index contributed by atoms with van der Waals surface area (Å²) in [6, 6.07) is 29.2. The molecule has 0 atom stereocenters. The van der Waals surface area contributed by atoms with Crippen LogP contribution >= 0.6 is 0 Å². The van der Waals surface area contributed by atoms with Gasteiger partial charge < -0.3 is 0 Å². The molecule has 3 aromatic carbocycles. The molecule has 0 heterocycles. The van der Waals surface area contributed by atoms with E-state index in [0.717, 1.165) is 17.7 Å². The minimum absolute atomic E-state index is 0.857. The molecule has 0 bridgehead atoms. The maximum atomic E-state index is 4.19. The molecule has 0 spiro atoms. The zero-order valence-corrected chi connectivity index (χ0v) is 13.0. The molecule has 0 saturated carbocycles. The second kappa shape index (κ2) is 7.37. The Morgan fingerprint density at radius 3 is 1.91 bits per heavy atom. The highest BCUT2D eigenvalue weighted by Gasteiger charge is 2.01. The number of allylic oxidation sites excluding steroid dienone is 1. The average molecular weight is 297 g/mol. The largest absolute Gasteiger partial charge is 0.264 e. The van der Waals surface area contributed by atoms with Crippen LogP contribution in [0, 0.1) is 0 Å². The van der Waals surface area contributed by atoms with Crippen molar-refractivity contribution in [3.8, 4) is 11.1 Å². The fraction of sp³-hybridized carbons (Fsp3) is 0.0455. The molecule has 0 N–H and O–H groups in total. The van der Waals surface area contributed by atoms with E-state index in [1.165, 1.54) is 16.7 Å². The van der Waals surface area contributed by atoms with Crippen molar-refractivity contribution in [2.45, 2.75) is 6.42 Å². The zero-order chi connectivity index (χ0) is 15.9. The highest BCUT2D eigenvalue weighted by atomic mass is 14.7. The summed E-state index contributed by atoms with van der Waals surface area (Å²) >= 11 is 0. The molecule has 0 radical (unpaired) electrons. The highest BCUT2D eigenvalue weighted by Crippen LogP contribution is 2.23. The first kappa shape index (κ1) is 15.0. The molecule has 3 aromatic rings. The predicted molar refractivity (Wildman–Crippen MR) is 99.6 cm³/mol. The van der Waals surface area contributed by atoms with E-state index < -0.39 is 0 Å². The fourth-order valence-corrected chi connectivity index (χ4v) is 2.57. The lowest BCUT2D eigenvalue weighted by Gasteiger charge is -2.05. The normalized spacial score (nSPS) is 11.2. The van der Waals surface area contributed by atoms with Gasteiger partial charge in [0.2, 0.25) is 0 Å². The monoisotopic (exact) mass is 297 g/mol. The molecule has 112 valence electrons. The Morgan fingerprint density at radius 2 is 1.30 bits per heavy atom. The average Bonchev–Trinajstić information content (AvgIpc) is 2.64. The summed E-state index contributed by atoms with van der Waals surface area (Å²) < 4.78 is 0. The van der Waals surface area contributed by atoms with Gasteiger partial charge in [-0.3, -0.25) is 4.99 Å². The Bertz CT molecular complexity index is 784. The number of hydrogen-bond acceptors (Lipinski definition) is 1. The Balaban J connectivity index is 1.80. The molecule has 3 rings (SSSR count). The first-order chi connectivity index (χ1) is 11.4. The number of rotatable bonds is 5. The molecule has 0 aliphatic carbocycles. The molecule has 0 fully saturated rings. The van der Waals surface area contributed by atoms with E-state index in [-0.39, 0.29) is 0 Å². The number of aliphatic imine (C=N–C) groups is 1. The van der Waals surface area contributed by atoms with Gasteiger partial charge >= 0.3 is 0 Å². The summed E-state index contributed by atoms with van der Waals surface area (Å²) in [5.41, 5.74) is 5.72. The van der Waals surface area contributed by atoms with Crippen molar-refractivity contribution in [1.82, 2.24) is 0 Å². The van der Waals surface area contributed by atoms with Crippen LogP contribution in [0.25, 0.3) is 16.8 Å². The van der Waals surface area contributed by atoms with Crippen LogP contribution in [-0.4, -0.2) is 6.72 Å². The van der Waals surface area contributed by atoms with Gasteiger partial charge in [0.05, 0.1) is 5.70 Å². The lowest BCUT2D eigenvalue weighted by atomic mass is 10.0. The zero-order valence-electron chi connectivity index (χ0n) is 13.0. The summed E-state index contributed by atoms with van der Waals surface area (Å²) in [6.07, 6.45) is 2.98. The predicted octanol–water partition coefficient (Wildman–Crippen LogP) is 5.64.